The second-order valence-electron chi connectivity index (χ2n) is 9.46. The molecule has 5 nitrogen and oxygen atoms in total. The predicted molar refractivity (Wildman–Crippen MR) is 133 cm³/mol. The Bertz CT molecular complexity index is 1120. The van der Waals surface area contributed by atoms with E-state index in [2.05, 4.69) is 64.8 Å². The summed E-state index contributed by atoms with van der Waals surface area (Å²) in [5, 5.41) is 16.1. The van der Waals surface area contributed by atoms with Crippen molar-refractivity contribution in [3.05, 3.63) is 66.2 Å². The van der Waals surface area contributed by atoms with Gasteiger partial charge in [-0.25, -0.2) is 0 Å². The summed E-state index contributed by atoms with van der Waals surface area (Å²) >= 11 is 0. The number of hydrogen-bond acceptors (Lipinski definition) is 4. The molecule has 2 aromatic heterocycles. The topological polar surface area (TPSA) is 65.7 Å². The van der Waals surface area contributed by atoms with Crippen LogP contribution in [0.1, 0.15) is 55.7 Å². The van der Waals surface area contributed by atoms with Gasteiger partial charge in [-0.1, -0.05) is 12.1 Å². The zero-order valence-corrected chi connectivity index (χ0v) is 18.8. The van der Waals surface area contributed by atoms with Gasteiger partial charge in [0.2, 0.25) is 0 Å². The first-order valence-electron chi connectivity index (χ1n) is 11.9. The highest BCUT2D eigenvalue weighted by molar-refractivity contribution is 6.08. The maximum Gasteiger partial charge on any atom is 0.0664 e. The molecular weight excluding hydrogens is 394 g/mol. The molecule has 2 aliphatic rings. The van der Waals surface area contributed by atoms with Crippen LogP contribution in [-0.2, 0) is 7.05 Å². The van der Waals surface area contributed by atoms with E-state index in [1.807, 2.05) is 12.4 Å². The smallest absolute Gasteiger partial charge is 0.0664 e. The minimum atomic E-state index is 0.582. The molecule has 0 amide bonds. The molecule has 0 aliphatic heterocycles. The molecule has 2 heterocycles. The highest BCUT2D eigenvalue weighted by atomic mass is 14.9. The van der Waals surface area contributed by atoms with Crippen LogP contribution < -0.4 is 10.6 Å². The SMILES string of the molecule is Cn1ccc2cc(C3CCC(CNc4cccc(/C(C=N)=C/NC5CC5)c4)CC3)ncc21. The van der Waals surface area contributed by atoms with Crippen LogP contribution in [-0.4, -0.2) is 28.4 Å². The normalized spacial score (nSPS) is 21.5. The van der Waals surface area contributed by atoms with Gasteiger partial charge in [0.25, 0.3) is 0 Å². The van der Waals surface area contributed by atoms with Crippen molar-refractivity contribution in [2.75, 3.05) is 11.9 Å². The lowest BCUT2D eigenvalue weighted by Gasteiger charge is -2.28. The Morgan fingerprint density at radius 1 is 1.12 bits per heavy atom. The van der Waals surface area contributed by atoms with Crippen molar-refractivity contribution in [1.82, 2.24) is 14.9 Å². The van der Waals surface area contributed by atoms with E-state index in [4.69, 9.17) is 10.4 Å². The molecule has 0 radical (unpaired) electrons. The van der Waals surface area contributed by atoms with Crippen molar-refractivity contribution in [1.29, 1.82) is 5.41 Å². The van der Waals surface area contributed by atoms with Crippen molar-refractivity contribution in [2.45, 2.75) is 50.5 Å². The highest BCUT2D eigenvalue weighted by Crippen LogP contribution is 2.36. The van der Waals surface area contributed by atoms with Gasteiger partial charge < -0.3 is 20.6 Å². The number of nitrogens with zero attached hydrogens (tertiary/aromatic N) is 2. The molecular formula is C27H33N5. The zero-order valence-electron chi connectivity index (χ0n) is 18.8. The molecule has 2 aliphatic carbocycles. The van der Waals surface area contributed by atoms with Crippen molar-refractivity contribution in [3.8, 4) is 0 Å². The number of rotatable bonds is 8. The molecule has 166 valence electrons. The molecule has 0 bridgehead atoms. The molecule has 3 aromatic rings. The molecule has 1 aromatic carbocycles. The van der Waals surface area contributed by atoms with Crippen LogP contribution in [0.4, 0.5) is 5.69 Å². The lowest BCUT2D eigenvalue weighted by atomic mass is 9.80. The van der Waals surface area contributed by atoms with Gasteiger partial charge in [0, 0.05) is 66.5 Å². The maximum atomic E-state index is 7.77. The largest absolute Gasteiger partial charge is 0.388 e. The number of fused-ring (bicyclic) bond motifs is 1. The zero-order chi connectivity index (χ0) is 21.9. The first kappa shape index (κ1) is 20.8. The third-order valence-corrected chi connectivity index (χ3v) is 7.06. The number of nitrogens with one attached hydrogen (secondary N) is 3. The molecule has 0 saturated heterocycles. The number of aryl methyl sites for hydroxylation is 1. The highest BCUT2D eigenvalue weighted by Gasteiger charge is 2.23. The van der Waals surface area contributed by atoms with Crippen molar-refractivity contribution in [2.24, 2.45) is 13.0 Å². The number of aromatic nitrogens is 2. The summed E-state index contributed by atoms with van der Waals surface area (Å²) in [5.41, 5.74) is 5.62. The second kappa shape index (κ2) is 9.19. The quantitative estimate of drug-likeness (QED) is 0.404. The predicted octanol–water partition coefficient (Wildman–Crippen LogP) is 5.70. The van der Waals surface area contributed by atoms with Gasteiger partial charge in [-0.05, 0) is 74.3 Å². The van der Waals surface area contributed by atoms with E-state index in [1.54, 1.807) is 0 Å². The van der Waals surface area contributed by atoms with Gasteiger partial charge >= 0.3 is 0 Å². The first-order chi connectivity index (χ1) is 15.7. The van der Waals surface area contributed by atoms with E-state index >= 15 is 0 Å². The van der Waals surface area contributed by atoms with E-state index in [0.717, 1.165) is 23.4 Å². The summed E-state index contributed by atoms with van der Waals surface area (Å²) < 4.78 is 2.13. The van der Waals surface area contributed by atoms with Crippen LogP contribution in [0, 0.1) is 11.3 Å². The summed E-state index contributed by atoms with van der Waals surface area (Å²) in [6, 6.07) is 13.5. The van der Waals surface area contributed by atoms with E-state index in [9.17, 15) is 0 Å². The van der Waals surface area contributed by atoms with Crippen molar-refractivity contribution in [3.63, 3.8) is 0 Å². The molecule has 2 fully saturated rings. The molecule has 32 heavy (non-hydrogen) atoms. The Hall–Kier alpha value is -3.08. The average molecular weight is 428 g/mol. The summed E-state index contributed by atoms with van der Waals surface area (Å²) in [7, 11) is 2.07. The Kier molecular flexibility index (Phi) is 5.97. The van der Waals surface area contributed by atoms with Crippen LogP contribution >= 0.6 is 0 Å². The molecule has 0 unspecified atom stereocenters. The number of pyridine rings is 1. The Morgan fingerprint density at radius 3 is 2.75 bits per heavy atom. The summed E-state index contributed by atoms with van der Waals surface area (Å²) in [6.07, 6.45) is 15.0. The average Bonchev–Trinajstić information content (AvgIpc) is 3.60. The van der Waals surface area contributed by atoms with Crippen LogP contribution in [0.15, 0.2) is 55.0 Å². The van der Waals surface area contributed by atoms with Gasteiger partial charge in [-0.15, -0.1) is 0 Å². The van der Waals surface area contributed by atoms with Crippen LogP contribution in [0.3, 0.4) is 0 Å². The Morgan fingerprint density at radius 2 is 1.97 bits per heavy atom. The monoisotopic (exact) mass is 427 g/mol. The molecule has 3 N–H and O–H groups in total. The van der Waals surface area contributed by atoms with Gasteiger partial charge in [0.1, 0.15) is 0 Å². The van der Waals surface area contributed by atoms with Gasteiger partial charge in [0.05, 0.1) is 11.7 Å². The van der Waals surface area contributed by atoms with Crippen LogP contribution in [0.2, 0.25) is 0 Å². The summed E-state index contributed by atoms with van der Waals surface area (Å²) in [4.78, 5) is 4.78. The van der Waals surface area contributed by atoms with Gasteiger partial charge in [-0.3, -0.25) is 4.98 Å². The number of anilines is 1. The van der Waals surface area contributed by atoms with Crippen molar-refractivity contribution < 1.29 is 0 Å². The standard InChI is InChI=1S/C27H33N5/c1-32-12-11-22-14-26(31-18-27(22)32)20-7-5-19(6-8-20)16-29-25-4-2-3-21(13-25)23(15-28)17-30-24-9-10-24/h2-4,11-15,17-20,24,28-30H,5-10,16H2,1H3/b23-17+,28-15?. The summed E-state index contributed by atoms with van der Waals surface area (Å²) in [6.45, 7) is 1.01. The molecule has 5 rings (SSSR count). The minimum Gasteiger partial charge on any atom is -0.388 e. The van der Waals surface area contributed by atoms with Crippen LogP contribution in [0.25, 0.3) is 16.5 Å². The number of benzene rings is 1. The third-order valence-electron chi connectivity index (χ3n) is 7.06. The third kappa shape index (κ3) is 4.72. The lowest BCUT2D eigenvalue weighted by molar-refractivity contribution is 0.335. The number of allylic oxidation sites excluding steroid dienone is 1. The maximum absolute atomic E-state index is 7.77. The van der Waals surface area contributed by atoms with E-state index in [1.165, 1.54) is 61.3 Å². The molecule has 2 saturated carbocycles. The summed E-state index contributed by atoms with van der Waals surface area (Å²) in [5.74, 6) is 1.28. The van der Waals surface area contributed by atoms with E-state index in [-0.39, 0.29) is 0 Å². The van der Waals surface area contributed by atoms with E-state index < -0.39 is 0 Å². The fourth-order valence-corrected chi connectivity index (χ4v) is 4.80. The molecule has 0 atom stereocenters. The first-order valence-corrected chi connectivity index (χ1v) is 11.9. The van der Waals surface area contributed by atoms with E-state index in [0.29, 0.717) is 17.9 Å². The van der Waals surface area contributed by atoms with Crippen LogP contribution in [0.5, 0.6) is 0 Å². The molecule has 0 spiro atoms. The number of hydrogen-bond donors (Lipinski definition) is 3. The Balaban J connectivity index is 1.15. The Labute approximate surface area is 190 Å². The van der Waals surface area contributed by atoms with Gasteiger partial charge in [-0.2, -0.15) is 0 Å². The lowest BCUT2D eigenvalue weighted by Crippen LogP contribution is -2.21. The molecule has 5 heteroatoms. The fourth-order valence-electron chi connectivity index (χ4n) is 4.80. The van der Waals surface area contributed by atoms with Crippen molar-refractivity contribution >= 4 is 28.4 Å². The van der Waals surface area contributed by atoms with Gasteiger partial charge in [0.15, 0.2) is 0 Å². The fraction of sp³-hybridized carbons (Fsp3) is 0.407. The second-order valence-corrected chi connectivity index (χ2v) is 9.46. The minimum absolute atomic E-state index is 0.582.